The van der Waals surface area contributed by atoms with Gasteiger partial charge in [0, 0.05) is 28.8 Å². The third-order valence-electron chi connectivity index (χ3n) is 6.13. The molecule has 0 saturated carbocycles. The van der Waals surface area contributed by atoms with Gasteiger partial charge in [-0.1, -0.05) is 19.1 Å². The van der Waals surface area contributed by atoms with Gasteiger partial charge in [-0.2, -0.15) is 0 Å². The summed E-state index contributed by atoms with van der Waals surface area (Å²) < 4.78 is 25.3. The quantitative estimate of drug-likeness (QED) is 0.577. The maximum absolute atomic E-state index is 14.2. The number of nitrogens with zero attached hydrogens (tertiary/aromatic N) is 1. The topological polar surface area (TPSA) is 80.6 Å². The maximum Gasteiger partial charge on any atom is 0.249 e. The number of carbonyl (C=O) groups excluding carboxylic acids is 1. The number of ether oxygens (including phenoxy) is 2. The van der Waals surface area contributed by atoms with Crippen LogP contribution in [0.4, 0.5) is 4.39 Å². The Morgan fingerprint density at radius 1 is 1.35 bits per heavy atom. The number of H-pyrrole nitrogens is 1. The molecule has 0 radical (unpaired) electrons. The molecule has 1 amide bonds. The third kappa shape index (κ3) is 4.10. The molecule has 1 atom stereocenters. The van der Waals surface area contributed by atoms with Gasteiger partial charge in [-0.05, 0) is 56.1 Å². The summed E-state index contributed by atoms with van der Waals surface area (Å²) in [6.07, 6.45) is 4.48. The van der Waals surface area contributed by atoms with Crippen molar-refractivity contribution in [2.75, 3.05) is 26.8 Å². The lowest BCUT2D eigenvalue weighted by atomic mass is 9.95. The molecule has 2 aromatic carbocycles. The lowest BCUT2D eigenvalue weighted by Crippen LogP contribution is -2.44. The van der Waals surface area contributed by atoms with Crippen LogP contribution in [0, 0.1) is 5.82 Å². The number of amides is 1. The number of hydrogen-bond donors (Lipinski definition) is 2. The second-order valence-corrected chi connectivity index (χ2v) is 7.86. The van der Waals surface area contributed by atoms with E-state index >= 15 is 0 Å². The van der Waals surface area contributed by atoms with Crippen LogP contribution in [0.1, 0.15) is 34.8 Å². The number of benzene rings is 2. The molecule has 1 aromatic heterocycles. The van der Waals surface area contributed by atoms with E-state index in [9.17, 15) is 9.18 Å². The number of aryl methyl sites for hydroxylation is 1. The number of para-hydroxylation sites is 1. The largest absolute Gasteiger partial charge is 0.495 e. The highest BCUT2D eigenvalue weighted by Gasteiger charge is 2.29. The Labute approximate surface area is 181 Å². The van der Waals surface area contributed by atoms with Crippen LogP contribution in [0.5, 0.6) is 11.5 Å². The number of aromatic amines is 1. The number of nitrogens with two attached hydrogens (primary N) is 1. The van der Waals surface area contributed by atoms with Crippen molar-refractivity contribution in [1.82, 2.24) is 9.88 Å². The van der Waals surface area contributed by atoms with E-state index in [-0.39, 0.29) is 11.8 Å². The molecule has 0 spiro atoms. The number of likely N-dealkylation sites (N-methyl/N-ethyl adjacent to an activating group) is 1. The van der Waals surface area contributed by atoms with E-state index in [1.807, 2.05) is 18.3 Å². The van der Waals surface area contributed by atoms with E-state index in [0.29, 0.717) is 24.2 Å². The lowest BCUT2D eigenvalue weighted by Gasteiger charge is -2.35. The summed E-state index contributed by atoms with van der Waals surface area (Å²) in [5.41, 5.74) is 8.69. The molecular weight excluding hydrogens is 397 g/mol. The highest BCUT2D eigenvalue weighted by Crippen LogP contribution is 2.32. The molecule has 1 aliphatic heterocycles. The predicted molar refractivity (Wildman–Crippen MR) is 118 cm³/mol. The van der Waals surface area contributed by atoms with Crippen LogP contribution in [0.25, 0.3) is 10.9 Å². The normalized spacial score (nSPS) is 15.7. The van der Waals surface area contributed by atoms with E-state index in [0.717, 1.165) is 37.2 Å². The highest BCUT2D eigenvalue weighted by atomic mass is 19.1. The van der Waals surface area contributed by atoms with Crippen molar-refractivity contribution in [2.24, 2.45) is 5.73 Å². The summed E-state index contributed by atoms with van der Waals surface area (Å²) in [7, 11) is 1.67. The molecule has 0 aliphatic carbocycles. The van der Waals surface area contributed by atoms with Gasteiger partial charge in [0.05, 0.1) is 12.6 Å². The van der Waals surface area contributed by atoms with Crippen LogP contribution in [-0.4, -0.2) is 48.6 Å². The standard InChI is InChI=1S/C24H28FN3O3/c1-3-28(11-5-6-15-13-27-22-17(15)7-4-8-21(22)30-2)16-12-19-18(24(26)29)9-10-20(25)23(19)31-14-16/h4,7-10,13,16,27H,3,5-6,11-12,14H2,1-2H3,(H2,26,29). The Balaban J connectivity index is 1.44. The molecule has 6 nitrogen and oxygen atoms in total. The smallest absolute Gasteiger partial charge is 0.249 e. The van der Waals surface area contributed by atoms with E-state index in [2.05, 4.69) is 22.9 Å². The number of hydrogen-bond acceptors (Lipinski definition) is 4. The predicted octanol–water partition coefficient (Wildman–Crippen LogP) is 3.67. The summed E-state index contributed by atoms with van der Waals surface area (Å²) in [4.78, 5) is 17.5. The van der Waals surface area contributed by atoms with Gasteiger partial charge in [0.25, 0.3) is 0 Å². The Bertz CT molecular complexity index is 1100. The molecule has 164 valence electrons. The fraction of sp³-hybridized carbons (Fsp3) is 0.375. The van der Waals surface area contributed by atoms with Crippen molar-refractivity contribution in [2.45, 2.75) is 32.2 Å². The minimum Gasteiger partial charge on any atom is -0.495 e. The fourth-order valence-electron chi connectivity index (χ4n) is 4.53. The van der Waals surface area contributed by atoms with Crippen molar-refractivity contribution in [1.29, 1.82) is 0 Å². The first-order valence-corrected chi connectivity index (χ1v) is 10.6. The Kier molecular flexibility index (Phi) is 6.13. The number of aromatic nitrogens is 1. The molecule has 0 bridgehead atoms. The van der Waals surface area contributed by atoms with Crippen molar-refractivity contribution in [3.05, 3.63) is 59.0 Å². The Hall–Kier alpha value is -3.06. The molecule has 1 aliphatic rings. The van der Waals surface area contributed by atoms with E-state index in [1.165, 1.54) is 23.1 Å². The van der Waals surface area contributed by atoms with Gasteiger partial charge in [0.1, 0.15) is 12.4 Å². The summed E-state index contributed by atoms with van der Waals surface area (Å²) in [6.45, 7) is 4.21. The molecule has 7 heteroatoms. The van der Waals surface area contributed by atoms with Gasteiger partial charge >= 0.3 is 0 Å². The zero-order chi connectivity index (χ0) is 22.0. The Morgan fingerprint density at radius 3 is 2.94 bits per heavy atom. The van der Waals surface area contributed by atoms with Crippen LogP contribution in [0.2, 0.25) is 0 Å². The minimum atomic E-state index is -0.557. The molecule has 3 aromatic rings. The number of fused-ring (bicyclic) bond motifs is 2. The SMILES string of the molecule is CCN(CCCc1c[nH]c2c(OC)cccc12)C1COc2c(F)ccc(C(N)=O)c2C1. The van der Waals surface area contributed by atoms with Crippen molar-refractivity contribution in [3.8, 4) is 11.5 Å². The first kappa shape index (κ1) is 21.2. The van der Waals surface area contributed by atoms with E-state index in [4.69, 9.17) is 15.2 Å². The molecule has 31 heavy (non-hydrogen) atoms. The van der Waals surface area contributed by atoms with E-state index in [1.54, 1.807) is 7.11 Å². The average molecular weight is 426 g/mol. The molecule has 3 N–H and O–H groups in total. The second kappa shape index (κ2) is 8.98. The van der Waals surface area contributed by atoms with Crippen LogP contribution in [-0.2, 0) is 12.8 Å². The monoisotopic (exact) mass is 425 g/mol. The number of rotatable bonds is 8. The molecular formula is C24H28FN3O3. The van der Waals surface area contributed by atoms with Gasteiger partial charge in [-0.15, -0.1) is 0 Å². The maximum atomic E-state index is 14.2. The van der Waals surface area contributed by atoms with Crippen molar-refractivity contribution >= 4 is 16.8 Å². The fourth-order valence-corrected chi connectivity index (χ4v) is 4.53. The summed E-state index contributed by atoms with van der Waals surface area (Å²) >= 11 is 0. The van der Waals surface area contributed by atoms with Crippen LogP contribution in [0.3, 0.4) is 0 Å². The lowest BCUT2D eigenvalue weighted by molar-refractivity contribution is 0.0987. The zero-order valence-corrected chi connectivity index (χ0v) is 17.9. The number of methoxy groups -OCH3 is 1. The highest BCUT2D eigenvalue weighted by molar-refractivity contribution is 5.95. The van der Waals surface area contributed by atoms with Gasteiger partial charge < -0.3 is 20.2 Å². The summed E-state index contributed by atoms with van der Waals surface area (Å²) in [5, 5.41) is 1.18. The van der Waals surface area contributed by atoms with Crippen LogP contribution >= 0.6 is 0 Å². The third-order valence-corrected chi connectivity index (χ3v) is 6.13. The number of carbonyl (C=O) groups is 1. The zero-order valence-electron chi connectivity index (χ0n) is 17.9. The molecule has 2 heterocycles. The summed E-state index contributed by atoms with van der Waals surface area (Å²) in [6, 6.07) is 8.82. The number of nitrogens with one attached hydrogen (secondary N) is 1. The molecule has 4 rings (SSSR count). The van der Waals surface area contributed by atoms with Gasteiger partial charge in [-0.25, -0.2) is 4.39 Å². The van der Waals surface area contributed by atoms with Gasteiger partial charge in [0.2, 0.25) is 5.91 Å². The minimum absolute atomic E-state index is 0.0699. The first-order chi connectivity index (χ1) is 15.0. The van der Waals surface area contributed by atoms with Gasteiger partial charge in [-0.3, -0.25) is 9.69 Å². The van der Waals surface area contributed by atoms with Crippen molar-refractivity contribution in [3.63, 3.8) is 0 Å². The molecule has 1 unspecified atom stereocenters. The first-order valence-electron chi connectivity index (χ1n) is 10.6. The van der Waals surface area contributed by atoms with Crippen molar-refractivity contribution < 1.29 is 18.7 Å². The van der Waals surface area contributed by atoms with Crippen LogP contribution in [0.15, 0.2) is 36.5 Å². The molecule has 0 saturated heterocycles. The van der Waals surface area contributed by atoms with Crippen LogP contribution < -0.4 is 15.2 Å². The van der Waals surface area contributed by atoms with E-state index < -0.39 is 11.7 Å². The van der Waals surface area contributed by atoms with Gasteiger partial charge in [0.15, 0.2) is 11.6 Å². The second-order valence-electron chi connectivity index (χ2n) is 7.86. The summed E-state index contributed by atoms with van der Waals surface area (Å²) in [5.74, 6) is 0.000333. The average Bonchev–Trinajstić information content (AvgIpc) is 3.19. The number of halogens is 1. The molecule has 0 fully saturated rings. The number of primary amides is 1. The Morgan fingerprint density at radius 2 is 2.19 bits per heavy atom.